The molecule has 130 valence electrons. The molecule has 25 heavy (non-hydrogen) atoms. The number of nitrogens with one attached hydrogen (secondary N) is 1. The van der Waals surface area contributed by atoms with Gasteiger partial charge in [-0.2, -0.15) is 0 Å². The summed E-state index contributed by atoms with van der Waals surface area (Å²) in [5, 5.41) is 4.71. The Hall–Kier alpha value is -2.60. The van der Waals surface area contributed by atoms with Gasteiger partial charge in [0.25, 0.3) is 5.56 Å². The Morgan fingerprint density at radius 1 is 1.28 bits per heavy atom. The zero-order valence-corrected chi connectivity index (χ0v) is 14.3. The van der Waals surface area contributed by atoms with Gasteiger partial charge in [-0.25, -0.2) is 4.98 Å². The minimum Gasteiger partial charge on any atom is -0.460 e. The number of hydrogen-bond acceptors (Lipinski definition) is 5. The first-order chi connectivity index (χ1) is 12.2. The van der Waals surface area contributed by atoms with Crippen LogP contribution < -0.4 is 15.8 Å². The predicted molar refractivity (Wildman–Crippen MR) is 97.8 cm³/mol. The van der Waals surface area contributed by atoms with Gasteiger partial charge in [0.1, 0.15) is 11.3 Å². The van der Waals surface area contributed by atoms with Crippen LogP contribution in [-0.4, -0.2) is 28.7 Å². The van der Waals surface area contributed by atoms with Gasteiger partial charge in [0.15, 0.2) is 5.82 Å². The molecule has 6 heteroatoms. The number of aromatic nitrogens is 2. The molecule has 6 nitrogen and oxygen atoms in total. The van der Waals surface area contributed by atoms with E-state index in [0.717, 1.165) is 49.2 Å². The maximum Gasteiger partial charge on any atom is 0.293 e. The highest BCUT2D eigenvalue weighted by molar-refractivity contribution is 5.77. The minimum atomic E-state index is -0.0313. The Bertz CT molecular complexity index is 889. The van der Waals surface area contributed by atoms with Crippen LogP contribution in [0.25, 0.3) is 11.0 Å². The topological polar surface area (TPSA) is 63.3 Å². The molecule has 1 aromatic carbocycles. The van der Waals surface area contributed by atoms with Crippen LogP contribution in [0.5, 0.6) is 0 Å². The molecule has 3 heterocycles. The summed E-state index contributed by atoms with van der Waals surface area (Å²) in [6.07, 6.45) is 5.34. The van der Waals surface area contributed by atoms with Crippen molar-refractivity contribution in [1.82, 2.24) is 14.9 Å². The number of hydrogen-bond donors (Lipinski definition) is 1. The zero-order valence-electron chi connectivity index (χ0n) is 14.3. The minimum absolute atomic E-state index is 0.0313. The van der Waals surface area contributed by atoms with Crippen LogP contribution in [0.15, 0.2) is 51.9 Å². The molecule has 2 aromatic heterocycles. The number of furan rings is 1. The number of anilines is 1. The predicted octanol–water partition coefficient (Wildman–Crippen LogP) is 2.29. The van der Waals surface area contributed by atoms with Crippen LogP contribution in [0, 0.1) is 0 Å². The van der Waals surface area contributed by atoms with Crippen molar-refractivity contribution in [3.63, 3.8) is 0 Å². The van der Waals surface area contributed by atoms with Crippen molar-refractivity contribution in [3.05, 3.63) is 58.8 Å². The summed E-state index contributed by atoms with van der Waals surface area (Å²) in [5.41, 5.74) is 0.899. The number of para-hydroxylation sites is 1. The van der Waals surface area contributed by atoms with Gasteiger partial charge in [0.2, 0.25) is 0 Å². The number of fused-ring (bicyclic) bond motifs is 1. The van der Waals surface area contributed by atoms with Crippen LogP contribution >= 0.6 is 0 Å². The molecule has 0 unspecified atom stereocenters. The Kier molecular flexibility index (Phi) is 4.28. The standard InChI is InChI=1S/C19H22N4O2/c1-22-11-8-20-18(19(22)24)23-9-6-15(7-10-23)21-13-16-12-14-4-2-3-5-17(14)25-16/h2-5,8,11-12,15,21H,6-7,9-10,13H2,1H3. The van der Waals surface area contributed by atoms with Gasteiger partial charge in [0, 0.05) is 44.0 Å². The zero-order chi connectivity index (χ0) is 17.2. The van der Waals surface area contributed by atoms with E-state index >= 15 is 0 Å². The summed E-state index contributed by atoms with van der Waals surface area (Å²) in [6, 6.07) is 10.6. The summed E-state index contributed by atoms with van der Waals surface area (Å²) in [5.74, 6) is 1.52. The van der Waals surface area contributed by atoms with Gasteiger partial charge in [-0.1, -0.05) is 18.2 Å². The van der Waals surface area contributed by atoms with E-state index in [9.17, 15) is 4.79 Å². The van der Waals surface area contributed by atoms with Crippen LogP contribution in [0.4, 0.5) is 5.82 Å². The Morgan fingerprint density at radius 3 is 2.88 bits per heavy atom. The van der Waals surface area contributed by atoms with Gasteiger partial charge in [0.05, 0.1) is 6.54 Å². The fraction of sp³-hybridized carbons (Fsp3) is 0.368. The highest BCUT2D eigenvalue weighted by Crippen LogP contribution is 2.20. The second kappa shape index (κ2) is 6.72. The molecule has 1 saturated heterocycles. The molecule has 1 aliphatic heterocycles. The van der Waals surface area contributed by atoms with Crippen molar-refractivity contribution in [2.45, 2.75) is 25.4 Å². The Balaban J connectivity index is 1.34. The molecule has 1 N–H and O–H groups in total. The highest BCUT2D eigenvalue weighted by Gasteiger charge is 2.22. The van der Waals surface area contributed by atoms with Gasteiger partial charge < -0.3 is 19.2 Å². The summed E-state index contributed by atoms with van der Waals surface area (Å²) in [4.78, 5) is 18.5. The average Bonchev–Trinajstić information content (AvgIpc) is 3.06. The Morgan fingerprint density at radius 2 is 2.08 bits per heavy atom. The van der Waals surface area contributed by atoms with E-state index in [1.807, 2.05) is 18.2 Å². The molecule has 0 saturated carbocycles. The maximum absolute atomic E-state index is 12.2. The SMILES string of the molecule is Cn1ccnc(N2CCC(NCc3cc4ccccc4o3)CC2)c1=O. The van der Waals surface area contributed by atoms with Crippen molar-refractivity contribution >= 4 is 16.8 Å². The van der Waals surface area contributed by atoms with Crippen molar-refractivity contribution < 1.29 is 4.42 Å². The number of benzene rings is 1. The van der Waals surface area contributed by atoms with E-state index < -0.39 is 0 Å². The lowest BCUT2D eigenvalue weighted by atomic mass is 10.1. The highest BCUT2D eigenvalue weighted by atomic mass is 16.3. The Labute approximate surface area is 146 Å². The monoisotopic (exact) mass is 338 g/mol. The first kappa shape index (κ1) is 15.9. The summed E-state index contributed by atoms with van der Waals surface area (Å²) in [7, 11) is 1.76. The second-order valence-electron chi connectivity index (χ2n) is 6.56. The summed E-state index contributed by atoms with van der Waals surface area (Å²) >= 11 is 0. The lowest BCUT2D eigenvalue weighted by Crippen LogP contribution is -2.44. The summed E-state index contributed by atoms with van der Waals surface area (Å²) in [6.45, 7) is 2.40. The third-order valence-corrected chi connectivity index (χ3v) is 4.83. The smallest absolute Gasteiger partial charge is 0.293 e. The average molecular weight is 338 g/mol. The van der Waals surface area contributed by atoms with Crippen molar-refractivity contribution in [3.8, 4) is 0 Å². The lowest BCUT2D eigenvalue weighted by Gasteiger charge is -2.32. The van der Waals surface area contributed by atoms with E-state index in [2.05, 4.69) is 27.3 Å². The molecular weight excluding hydrogens is 316 g/mol. The molecule has 1 aliphatic rings. The van der Waals surface area contributed by atoms with Gasteiger partial charge >= 0.3 is 0 Å². The molecule has 3 aromatic rings. The number of aryl methyl sites for hydroxylation is 1. The third kappa shape index (κ3) is 3.30. The van der Waals surface area contributed by atoms with E-state index in [1.54, 1.807) is 24.0 Å². The molecule has 0 radical (unpaired) electrons. The van der Waals surface area contributed by atoms with Gasteiger partial charge in [-0.05, 0) is 25.0 Å². The van der Waals surface area contributed by atoms with Gasteiger partial charge in [-0.15, -0.1) is 0 Å². The number of nitrogens with zero attached hydrogens (tertiary/aromatic N) is 3. The van der Waals surface area contributed by atoms with Gasteiger partial charge in [-0.3, -0.25) is 4.79 Å². The molecule has 0 bridgehead atoms. The molecule has 4 rings (SSSR count). The quantitative estimate of drug-likeness (QED) is 0.791. The molecular formula is C19H22N4O2. The largest absolute Gasteiger partial charge is 0.460 e. The van der Waals surface area contributed by atoms with Crippen LogP contribution in [0.3, 0.4) is 0 Å². The first-order valence-electron chi connectivity index (χ1n) is 8.68. The van der Waals surface area contributed by atoms with Crippen molar-refractivity contribution in [2.75, 3.05) is 18.0 Å². The first-order valence-corrected chi connectivity index (χ1v) is 8.68. The van der Waals surface area contributed by atoms with E-state index in [1.165, 1.54) is 0 Å². The fourth-order valence-corrected chi connectivity index (χ4v) is 3.37. The third-order valence-electron chi connectivity index (χ3n) is 4.83. The normalized spacial score (nSPS) is 15.8. The maximum atomic E-state index is 12.2. The fourth-order valence-electron chi connectivity index (χ4n) is 3.37. The number of rotatable bonds is 4. The van der Waals surface area contributed by atoms with Crippen molar-refractivity contribution in [2.24, 2.45) is 7.05 Å². The molecule has 0 spiro atoms. The molecule has 0 atom stereocenters. The second-order valence-corrected chi connectivity index (χ2v) is 6.56. The van der Waals surface area contributed by atoms with Crippen molar-refractivity contribution in [1.29, 1.82) is 0 Å². The lowest BCUT2D eigenvalue weighted by molar-refractivity contribution is 0.392. The van der Waals surface area contributed by atoms with Crippen LogP contribution in [0.1, 0.15) is 18.6 Å². The van der Waals surface area contributed by atoms with E-state index in [-0.39, 0.29) is 5.56 Å². The molecule has 0 aliphatic carbocycles. The van der Waals surface area contributed by atoms with E-state index in [0.29, 0.717) is 11.9 Å². The molecule has 1 fully saturated rings. The summed E-state index contributed by atoms with van der Waals surface area (Å²) < 4.78 is 7.43. The molecule has 0 amide bonds. The van der Waals surface area contributed by atoms with Crippen LogP contribution in [-0.2, 0) is 13.6 Å². The number of piperidine rings is 1. The van der Waals surface area contributed by atoms with E-state index in [4.69, 9.17) is 4.42 Å². The van der Waals surface area contributed by atoms with Crippen LogP contribution in [0.2, 0.25) is 0 Å².